The van der Waals surface area contributed by atoms with Crippen LogP contribution in [0, 0.1) is 17.2 Å². The van der Waals surface area contributed by atoms with E-state index in [4.69, 9.17) is 4.74 Å². The first-order valence-electron chi connectivity index (χ1n) is 15.8. The lowest BCUT2D eigenvalue weighted by atomic mass is 9.67. The van der Waals surface area contributed by atoms with Crippen LogP contribution in [0.15, 0.2) is 24.5 Å². The second-order valence-corrected chi connectivity index (χ2v) is 15.3. The second kappa shape index (κ2) is 13.2. The molecule has 3 aliphatic rings. The van der Waals surface area contributed by atoms with E-state index in [9.17, 15) is 17.6 Å². The first kappa shape index (κ1) is 32.5. The molecule has 2 aliphatic heterocycles. The van der Waals surface area contributed by atoms with E-state index < -0.39 is 15.8 Å². The van der Waals surface area contributed by atoms with Gasteiger partial charge in [0.25, 0.3) is 11.8 Å². The van der Waals surface area contributed by atoms with Crippen LogP contribution in [-0.2, 0) is 10.0 Å². The van der Waals surface area contributed by atoms with Crippen LogP contribution in [0.2, 0.25) is 0 Å². The van der Waals surface area contributed by atoms with E-state index in [1.54, 1.807) is 11.8 Å². The monoisotopic (exact) mass is 631 g/mol. The van der Waals surface area contributed by atoms with Crippen LogP contribution in [0.5, 0.6) is 11.6 Å². The number of rotatable bonds is 11. The summed E-state index contributed by atoms with van der Waals surface area (Å²) in [6, 6.07) is 3.85. The molecule has 0 bridgehead atoms. The minimum atomic E-state index is -3.16. The molecule has 5 rings (SSSR count). The minimum absolute atomic E-state index is 0.0642. The molecule has 1 amide bonds. The predicted molar refractivity (Wildman–Crippen MR) is 167 cm³/mol. The zero-order chi connectivity index (χ0) is 31.6. The Hall–Kier alpha value is -2.90. The number of benzene rings is 1. The van der Waals surface area contributed by atoms with Crippen LogP contribution in [0.25, 0.3) is 0 Å². The first-order chi connectivity index (χ1) is 20.9. The third kappa shape index (κ3) is 7.31. The fraction of sp³-hybridized carbons (Fsp3) is 0.677. The normalized spacial score (nSPS) is 20.8. The number of likely N-dealkylation sites (tertiary alicyclic amines) is 1. The molecule has 1 aromatic carbocycles. The van der Waals surface area contributed by atoms with Gasteiger partial charge in [-0.1, -0.05) is 0 Å². The van der Waals surface area contributed by atoms with E-state index in [0.717, 1.165) is 64.8 Å². The predicted octanol–water partition coefficient (Wildman–Crippen LogP) is 4.07. The highest BCUT2D eigenvalue weighted by molar-refractivity contribution is 7.89. The van der Waals surface area contributed by atoms with Gasteiger partial charge < -0.3 is 19.4 Å². The standard InChI is InChI=1S/C31H46FN7O4S/c1-6-44(41,42)36-25-9-12-31(13-10-25)18-37(19-31)16-23-11-14-38(17-23)28-29(35-34-20-33-28)43-27-8-7-24(32)15-26(27)30(40)39(21(2)3)22(4)5/h7-8,15,20-23,25,36H,6,9-14,16-19H2,1-5H3/t23-/m0/s1. The van der Waals surface area contributed by atoms with Gasteiger partial charge in [-0.15, -0.1) is 10.2 Å². The molecule has 242 valence electrons. The van der Waals surface area contributed by atoms with Crippen LogP contribution in [0.3, 0.4) is 0 Å². The van der Waals surface area contributed by atoms with Gasteiger partial charge in [-0.3, -0.25) is 4.79 Å². The second-order valence-electron chi connectivity index (χ2n) is 13.3. The number of hydrogen-bond donors (Lipinski definition) is 1. The first-order valence-corrected chi connectivity index (χ1v) is 17.5. The number of nitrogens with zero attached hydrogens (tertiary/aromatic N) is 6. The number of anilines is 1. The lowest BCUT2D eigenvalue weighted by Crippen LogP contribution is -2.59. The van der Waals surface area contributed by atoms with Gasteiger partial charge in [-0.05, 0) is 96.3 Å². The van der Waals surface area contributed by atoms with Crippen molar-refractivity contribution in [2.45, 2.75) is 84.8 Å². The average molecular weight is 632 g/mol. The maximum absolute atomic E-state index is 14.3. The molecule has 2 aromatic rings. The molecule has 2 saturated heterocycles. The molecule has 44 heavy (non-hydrogen) atoms. The maximum atomic E-state index is 14.3. The molecule has 3 heterocycles. The third-order valence-corrected chi connectivity index (χ3v) is 10.7. The molecule has 11 nitrogen and oxygen atoms in total. The van der Waals surface area contributed by atoms with Gasteiger partial charge in [0.05, 0.1) is 11.3 Å². The van der Waals surface area contributed by atoms with Crippen molar-refractivity contribution >= 4 is 21.7 Å². The summed E-state index contributed by atoms with van der Waals surface area (Å²) in [4.78, 5) is 24.3. The number of nitrogens with one attached hydrogen (secondary N) is 1. The highest BCUT2D eigenvalue weighted by Gasteiger charge is 2.46. The van der Waals surface area contributed by atoms with Gasteiger partial charge in [0.15, 0.2) is 5.82 Å². The molecule has 0 unspecified atom stereocenters. The van der Waals surface area contributed by atoms with Crippen molar-refractivity contribution in [2.24, 2.45) is 11.3 Å². The molecule has 1 atom stereocenters. The van der Waals surface area contributed by atoms with Gasteiger partial charge in [0.2, 0.25) is 10.0 Å². The highest BCUT2D eigenvalue weighted by atomic mass is 32.2. The summed E-state index contributed by atoms with van der Waals surface area (Å²) in [7, 11) is -3.16. The molecular weight excluding hydrogens is 585 g/mol. The van der Waals surface area contributed by atoms with E-state index in [-0.39, 0.29) is 47.0 Å². The van der Waals surface area contributed by atoms with Crippen molar-refractivity contribution in [1.82, 2.24) is 29.7 Å². The van der Waals surface area contributed by atoms with E-state index in [0.29, 0.717) is 17.2 Å². The largest absolute Gasteiger partial charge is 0.434 e. The summed E-state index contributed by atoms with van der Waals surface area (Å²) in [5, 5.41) is 8.15. The highest BCUT2D eigenvalue weighted by Crippen LogP contribution is 2.44. The van der Waals surface area contributed by atoms with E-state index >= 15 is 0 Å². The number of carbonyl (C=O) groups is 1. The van der Waals surface area contributed by atoms with Crippen molar-refractivity contribution in [3.63, 3.8) is 0 Å². The number of ether oxygens (including phenoxy) is 1. The molecule has 1 aromatic heterocycles. The SMILES string of the molecule is CCS(=O)(=O)NC1CCC2(CC1)CN(C[C@@H]1CCN(c3ncnnc3Oc3ccc(F)cc3C(=O)N(C(C)C)C(C)C)C1)C2. The lowest BCUT2D eigenvalue weighted by Gasteiger charge is -2.54. The van der Waals surface area contributed by atoms with Crippen molar-refractivity contribution in [3.05, 3.63) is 35.9 Å². The Balaban J connectivity index is 1.19. The zero-order valence-electron chi connectivity index (χ0n) is 26.5. The van der Waals surface area contributed by atoms with Crippen LogP contribution in [-0.4, -0.2) is 95.9 Å². The Morgan fingerprint density at radius 3 is 2.52 bits per heavy atom. The summed E-state index contributed by atoms with van der Waals surface area (Å²) in [6.07, 6.45) is 6.33. The van der Waals surface area contributed by atoms with Gasteiger partial charge >= 0.3 is 0 Å². The van der Waals surface area contributed by atoms with Crippen LogP contribution in [0.4, 0.5) is 10.2 Å². The van der Waals surface area contributed by atoms with E-state index in [2.05, 4.69) is 29.7 Å². The summed E-state index contributed by atoms with van der Waals surface area (Å²) in [5.41, 5.74) is 0.446. The lowest BCUT2D eigenvalue weighted by molar-refractivity contribution is -0.0386. The molecule has 1 aliphatic carbocycles. The van der Waals surface area contributed by atoms with Gasteiger partial charge in [0, 0.05) is 50.8 Å². The van der Waals surface area contributed by atoms with Crippen molar-refractivity contribution in [2.75, 3.05) is 43.4 Å². The van der Waals surface area contributed by atoms with E-state index in [1.807, 2.05) is 27.7 Å². The van der Waals surface area contributed by atoms with Gasteiger partial charge in [0.1, 0.15) is 17.9 Å². The van der Waals surface area contributed by atoms with E-state index in [1.165, 1.54) is 24.5 Å². The molecule has 1 spiro atoms. The molecule has 1 saturated carbocycles. The Kier molecular flexibility index (Phi) is 9.76. The Bertz CT molecular complexity index is 1420. The van der Waals surface area contributed by atoms with Crippen molar-refractivity contribution in [3.8, 4) is 11.6 Å². The van der Waals surface area contributed by atoms with Gasteiger partial charge in [-0.25, -0.2) is 22.5 Å². The number of sulfonamides is 1. The number of carbonyl (C=O) groups excluding carboxylic acids is 1. The smallest absolute Gasteiger partial charge is 0.282 e. The van der Waals surface area contributed by atoms with Crippen molar-refractivity contribution in [1.29, 1.82) is 0 Å². The van der Waals surface area contributed by atoms with Crippen LogP contribution >= 0.6 is 0 Å². The summed E-state index contributed by atoms with van der Waals surface area (Å²) in [6.45, 7) is 14.1. The number of halogens is 1. The number of amides is 1. The summed E-state index contributed by atoms with van der Waals surface area (Å²) < 4.78 is 47.2. The third-order valence-electron chi connectivity index (χ3n) is 9.29. The summed E-state index contributed by atoms with van der Waals surface area (Å²) >= 11 is 0. The molecule has 1 N–H and O–H groups in total. The molecule has 3 fully saturated rings. The Labute approximate surface area is 260 Å². The fourth-order valence-electron chi connectivity index (χ4n) is 7.18. The fourth-order valence-corrected chi connectivity index (χ4v) is 8.09. The number of aromatic nitrogens is 3. The minimum Gasteiger partial charge on any atom is -0.434 e. The maximum Gasteiger partial charge on any atom is 0.282 e. The quantitative estimate of drug-likeness (QED) is 0.391. The van der Waals surface area contributed by atoms with Crippen molar-refractivity contribution < 1.29 is 22.3 Å². The topological polar surface area (TPSA) is 121 Å². The van der Waals surface area contributed by atoms with Crippen LogP contribution in [0.1, 0.15) is 77.1 Å². The Morgan fingerprint density at radius 2 is 1.86 bits per heavy atom. The molecular formula is C31H46FN7O4S. The van der Waals surface area contributed by atoms with Gasteiger partial charge in [-0.2, -0.15) is 0 Å². The summed E-state index contributed by atoms with van der Waals surface area (Å²) in [5.74, 6) is 0.709. The molecule has 13 heteroatoms. The Morgan fingerprint density at radius 1 is 1.16 bits per heavy atom. The van der Waals surface area contributed by atoms with Crippen LogP contribution < -0.4 is 14.4 Å². The molecule has 0 radical (unpaired) electrons. The number of hydrogen-bond acceptors (Lipinski definition) is 9. The zero-order valence-corrected chi connectivity index (χ0v) is 27.3. The average Bonchev–Trinajstić information content (AvgIpc) is 3.42.